The zero-order valence-corrected chi connectivity index (χ0v) is 11.6. The Balaban J connectivity index is 3.96. The maximum absolute atomic E-state index is 11.5. The van der Waals surface area contributed by atoms with E-state index in [1.54, 1.807) is 0 Å². The Morgan fingerprint density at radius 3 is 2.10 bits per heavy atom. The third-order valence-corrected chi connectivity index (χ3v) is 2.89. The smallest absolute Gasteiger partial charge is 0.303 e. The lowest BCUT2D eigenvalue weighted by molar-refractivity contribution is -0.149. The summed E-state index contributed by atoms with van der Waals surface area (Å²) in [6.45, 7) is -0.642. The molecule has 9 nitrogen and oxygen atoms in total. The number of hydrogen-bond donors (Lipinski definition) is 7. The van der Waals surface area contributed by atoms with E-state index in [0.717, 1.165) is 0 Å². The van der Waals surface area contributed by atoms with Gasteiger partial charge in [-0.05, 0) is 12.8 Å². The molecule has 0 heterocycles. The lowest BCUT2D eigenvalue weighted by atomic mass is 10.0. The molecule has 0 aromatic carbocycles. The fourth-order valence-corrected chi connectivity index (χ4v) is 1.57. The van der Waals surface area contributed by atoms with Gasteiger partial charge in [0.25, 0.3) is 5.91 Å². The van der Waals surface area contributed by atoms with Crippen LogP contribution in [0, 0.1) is 0 Å². The second-order valence-electron chi connectivity index (χ2n) is 4.67. The van der Waals surface area contributed by atoms with E-state index in [1.165, 1.54) is 0 Å². The fraction of sp³-hybridized carbons (Fsp3) is 0.833. The number of carboxylic acids is 1. The molecule has 0 aromatic heterocycles. The van der Waals surface area contributed by atoms with Crippen molar-refractivity contribution < 1.29 is 40.2 Å². The van der Waals surface area contributed by atoms with Crippen molar-refractivity contribution in [3.8, 4) is 0 Å². The van der Waals surface area contributed by atoms with Crippen LogP contribution >= 0.6 is 0 Å². The van der Waals surface area contributed by atoms with Crippen LogP contribution in [0.4, 0.5) is 0 Å². The molecule has 0 radical (unpaired) electrons. The number of nitrogens with one attached hydrogen (secondary N) is 1. The zero-order chi connectivity index (χ0) is 16.4. The Morgan fingerprint density at radius 1 is 0.952 bits per heavy atom. The van der Waals surface area contributed by atoms with E-state index in [0.29, 0.717) is 19.3 Å². The Hall–Kier alpha value is -1.26. The van der Waals surface area contributed by atoms with E-state index in [-0.39, 0.29) is 13.0 Å². The minimum absolute atomic E-state index is 0.0422. The molecule has 0 rings (SSSR count). The van der Waals surface area contributed by atoms with Crippen LogP contribution < -0.4 is 5.32 Å². The molecule has 0 aliphatic carbocycles. The van der Waals surface area contributed by atoms with Crippen molar-refractivity contribution in [2.24, 2.45) is 0 Å². The zero-order valence-electron chi connectivity index (χ0n) is 11.6. The highest BCUT2D eigenvalue weighted by Gasteiger charge is 2.33. The van der Waals surface area contributed by atoms with E-state index in [4.69, 9.17) is 15.3 Å². The van der Waals surface area contributed by atoms with Crippen LogP contribution in [0.15, 0.2) is 0 Å². The Labute approximate surface area is 121 Å². The summed E-state index contributed by atoms with van der Waals surface area (Å²) >= 11 is 0. The highest BCUT2D eigenvalue weighted by Crippen LogP contribution is 2.05. The second kappa shape index (κ2) is 10.5. The molecule has 0 aliphatic rings. The van der Waals surface area contributed by atoms with Crippen molar-refractivity contribution in [2.75, 3.05) is 13.2 Å². The number of carboxylic acid groups (broad SMARTS) is 1. The molecular weight excluding hydrogens is 286 g/mol. The summed E-state index contributed by atoms with van der Waals surface area (Å²) in [5, 5.41) is 56.7. The van der Waals surface area contributed by atoms with Crippen LogP contribution in [-0.4, -0.2) is 80.1 Å². The molecule has 0 spiro atoms. The van der Waals surface area contributed by atoms with Crippen LogP contribution in [-0.2, 0) is 9.59 Å². The Kier molecular flexibility index (Phi) is 9.84. The van der Waals surface area contributed by atoms with Gasteiger partial charge in [0.1, 0.15) is 18.3 Å². The van der Waals surface area contributed by atoms with Gasteiger partial charge in [0.15, 0.2) is 6.10 Å². The number of unbranched alkanes of at least 4 members (excludes halogenated alkanes) is 2. The normalized spacial score (nSPS) is 16.8. The predicted molar refractivity (Wildman–Crippen MR) is 70.2 cm³/mol. The lowest BCUT2D eigenvalue weighted by Gasteiger charge is -2.24. The predicted octanol–water partition coefficient (Wildman–Crippen LogP) is -2.82. The first-order valence-corrected chi connectivity index (χ1v) is 6.63. The fourth-order valence-electron chi connectivity index (χ4n) is 1.57. The van der Waals surface area contributed by atoms with Gasteiger partial charge in [-0.3, -0.25) is 9.59 Å². The van der Waals surface area contributed by atoms with Gasteiger partial charge < -0.3 is 36.0 Å². The Bertz CT molecular complexity index is 324. The monoisotopic (exact) mass is 309 g/mol. The topological polar surface area (TPSA) is 168 Å². The number of amides is 1. The van der Waals surface area contributed by atoms with Crippen molar-refractivity contribution in [2.45, 2.75) is 50.1 Å². The molecule has 0 saturated carbocycles. The van der Waals surface area contributed by atoms with Gasteiger partial charge in [0, 0.05) is 13.0 Å². The third kappa shape index (κ3) is 7.93. The minimum atomic E-state index is -1.94. The standard InChI is InChI=1S/C12H23NO8/c14-6-7(15)9(18)10(19)11(20)12(21)13-5-3-1-2-4-8(16)17/h7,9-11,14-15,18-20H,1-6H2,(H,13,21)(H,16,17)/t7-,9+,10-,11-/m1/s1. The quantitative estimate of drug-likeness (QED) is 0.201. The van der Waals surface area contributed by atoms with Crippen molar-refractivity contribution in [3.63, 3.8) is 0 Å². The summed E-state index contributed by atoms with van der Waals surface area (Å²) in [5.74, 6) is -1.82. The molecule has 0 fully saturated rings. The average Bonchev–Trinajstić information content (AvgIpc) is 2.46. The van der Waals surface area contributed by atoms with Crippen LogP contribution in [0.1, 0.15) is 25.7 Å². The number of hydrogen-bond acceptors (Lipinski definition) is 7. The molecule has 0 bridgehead atoms. The number of aliphatic hydroxyl groups excluding tert-OH is 5. The molecule has 1 amide bonds. The largest absolute Gasteiger partial charge is 0.481 e. The van der Waals surface area contributed by atoms with Gasteiger partial charge >= 0.3 is 5.97 Å². The molecule has 0 aliphatic heterocycles. The van der Waals surface area contributed by atoms with E-state index in [1.807, 2.05) is 0 Å². The summed E-state index contributed by atoms with van der Waals surface area (Å²) < 4.78 is 0. The van der Waals surface area contributed by atoms with Gasteiger partial charge in [-0.1, -0.05) is 6.42 Å². The summed E-state index contributed by atoms with van der Waals surface area (Å²) in [6, 6.07) is 0. The summed E-state index contributed by atoms with van der Waals surface area (Å²) in [5.41, 5.74) is 0. The van der Waals surface area contributed by atoms with Crippen molar-refractivity contribution >= 4 is 11.9 Å². The molecule has 9 heteroatoms. The lowest BCUT2D eigenvalue weighted by Crippen LogP contribution is -2.51. The molecule has 0 saturated heterocycles. The highest BCUT2D eigenvalue weighted by molar-refractivity contribution is 5.81. The van der Waals surface area contributed by atoms with Gasteiger partial charge in [-0.2, -0.15) is 0 Å². The third-order valence-electron chi connectivity index (χ3n) is 2.89. The molecule has 124 valence electrons. The summed E-state index contributed by atoms with van der Waals surface area (Å²) in [4.78, 5) is 21.7. The van der Waals surface area contributed by atoms with Crippen molar-refractivity contribution in [1.29, 1.82) is 0 Å². The summed E-state index contributed by atoms with van der Waals surface area (Å²) in [7, 11) is 0. The molecule has 0 unspecified atom stereocenters. The van der Waals surface area contributed by atoms with Crippen molar-refractivity contribution in [3.05, 3.63) is 0 Å². The van der Waals surface area contributed by atoms with Crippen molar-refractivity contribution in [1.82, 2.24) is 5.32 Å². The van der Waals surface area contributed by atoms with Crippen LogP contribution in [0.2, 0.25) is 0 Å². The molecule has 21 heavy (non-hydrogen) atoms. The van der Waals surface area contributed by atoms with Crippen LogP contribution in [0.5, 0.6) is 0 Å². The number of carbonyl (C=O) groups excluding carboxylic acids is 1. The molecular formula is C12H23NO8. The average molecular weight is 309 g/mol. The number of carbonyl (C=O) groups is 2. The first-order chi connectivity index (χ1) is 9.81. The number of rotatable bonds is 11. The van der Waals surface area contributed by atoms with Gasteiger partial charge in [0.05, 0.1) is 6.61 Å². The van der Waals surface area contributed by atoms with Gasteiger partial charge in [-0.15, -0.1) is 0 Å². The van der Waals surface area contributed by atoms with Gasteiger partial charge in [0.2, 0.25) is 0 Å². The number of aliphatic carboxylic acids is 1. The number of aliphatic hydroxyl groups is 5. The maximum Gasteiger partial charge on any atom is 0.303 e. The van der Waals surface area contributed by atoms with E-state index < -0.39 is 42.9 Å². The first-order valence-electron chi connectivity index (χ1n) is 6.63. The molecule has 0 aromatic rings. The first kappa shape index (κ1) is 19.7. The highest BCUT2D eigenvalue weighted by atomic mass is 16.4. The second-order valence-corrected chi connectivity index (χ2v) is 4.67. The van der Waals surface area contributed by atoms with Crippen LogP contribution in [0.25, 0.3) is 0 Å². The van der Waals surface area contributed by atoms with E-state index in [2.05, 4.69) is 5.32 Å². The summed E-state index contributed by atoms with van der Waals surface area (Å²) in [6.07, 6.45) is -5.80. The van der Waals surface area contributed by atoms with Crippen LogP contribution in [0.3, 0.4) is 0 Å². The minimum Gasteiger partial charge on any atom is -0.481 e. The molecule has 4 atom stereocenters. The molecule has 7 N–H and O–H groups in total. The SMILES string of the molecule is O=C(O)CCCCCNC(=O)[C@H](O)[C@H](O)[C@@H](O)[C@H](O)CO. The maximum atomic E-state index is 11.5. The van der Waals surface area contributed by atoms with E-state index in [9.17, 15) is 24.9 Å². The van der Waals surface area contributed by atoms with E-state index >= 15 is 0 Å². The Morgan fingerprint density at radius 2 is 1.57 bits per heavy atom. The van der Waals surface area contributed by atoms with Gasteiger partial charge in [-0.25, -0.2) is 0 Å².